The second-order valence-electron chi connectivity index (χ2n) is 7.49. The van der Waals surface area contributed by atoms with E-state index >= 15 is 0 Å². The van der Waals surface area contributed by atoms with Crippen LogP contribution in [0.1, 0.15) is 17.0 Å². The molecule has 32 heavy (non-hydrogen) atoms. The Labute approximate surface area is 192 Å². The summed E-state index contributed by atoms with van der Waals surface area (Å²) in [4.78, 5) is 0.0447. The van der Waals surface area contributed by atoms with Crippen LogP contribution in [-0.2, 0) is 16.6 Å². The molecular weight excluding hydrogens is 442 g/mol. The van der Waals surface area contributed by atoms with Gasteiger partial charge in [0.05, 0.1) is 28.5 Å². The number of benzene rings is 3. The lowest BCUT2D eigenvalue weighted by Crippen LogP contribution is -2.20. The third-order valence-electron chi connectivity index (χ3n) is 5.26. The molecule has 4 rings (SSSR count). The molecule has 4 N–H and O–H groups in total. The van der Waals surface area contributed by atoms with Gasteiger partial charge in [0.2, 0.25) is 10.0 Å². The van der Waals surface area contributed by atoms with E-state index in [0.29, 0.717) is 17.3 Å². The van der Waals surface area contributed by atoms with Crippen LogP contribution < -0.4 is 15.8 Å². The summed E-state index contributed by atoms with van der Waals surface area (Å²) >= 11 is 5.44. The van der Waals surface area contributed by atoms with Crippen LogP contribution in [0.4, 0.5) is 11.4 Å². The number of anilines is 2. The second kappa shape index (κ2) is 8.70. The Morgan fingerprint density at radius 1 is 1.00 bits per heavy atom. The minimum Gasteiger partial charge on any atom is -0.332 e. The summed E-state index contributed by atoms with van der Waals surface area (Å²) in [6, 6.07) is 20.7. The fourth-order valence-corrected chi connectivity index (χ4v) is 4.36. The van der Waals surface area contributed by atoms with Crippen molar-refractivity contribution in [2.75, 3.05) is 10.6 Å². The topological polar surface area (TPSA) is 102 Å². The van der Waals surface area contributed by atoms with Crippen molar-refractivity contribution < 1.29 is 8.42 Å². The highest BCUT2D eigenvalue weighted by Gasteiger charge is 2.14. The van der Waals surface area contributed by atoms with Gasteiger partial charge in [-0.05, 0) is 66.7 Å². The number of aryl methyl sites for hydroxylation is 1. The molecule has 0 bridgehead atoms. The van der Waals surface area contributed by atoms with Gasteiger partial charge < -0.3 is 10.6 Å². The van der Waals surface area contributed by atoms with E-state index in [-0.39, 0.29) is 4.90 Å². The lowest BCUT2D eigenvalue weighted by atomic mass is 10.0. The number of nitrogens with one attached hydrogen (secondary N) is 2. The summed E-state index contributed by atoms with van der Waals surface area (Å²) in [6.07, 6.45) is 0. The number of primary sulfonamides is 1. The molecule has 0 aliphatic rings. The highest BCUT2D eigenvalue weighted by atomic mass is 32.2. The van der Waals surface area contributed by atoms with Crippen LogP contribution in [-0.4, -0.2) is 23.3 Å². The lowest BCUT2D eigenvalue weighted by Gasteiger charge is -2.12. The van der Waals surface area contributed by atoms with Crippen LogP contribution in [0.5, 0.6) is 0 Å². The molecule has 0 atom stereocenters. The van der Waals surface area contributed by atoms with E-state index in [2.05, 4.69) is 41.0 Å². The van der Waals surface area contributed by atoms with Gasteiger partial charge in [-0.3, -0.25) is 4.68 Å². The summed E-state index contributed by atoms with van der Waals surface area (Å²) < 4.78 is 24.8. The van der Waals surface area contributed by atoms with Crippen LogP contribution in [0.2, 0.25) is 0 Å². The maximum absolute atomic E-state index is 11.4. The Bertz CT molecular complexity index is 1410. The number of aromatic nitrogens is 2. The van der Waals surface area contributed by atoms with Gasteiger partial charge in [-0.15, -0.1) is 0 Å². The predicted molar refractivity (Wildman–Crippen MR) is 132 cm³/mol. The molecule has 0 unspecified atom stereocenters. The van der Waals surface area contributed by atoms with Gasteiger partial charge in [-0.2, -0.15) is 5.10 Å². The van der Waals surface area contributed by atoms with Gasteiger partial charge in [0, 0.05) is 5.69 Å². The molecule has 0 aliphatic carbocycles. The summed E-state index contributed by atoms with van der Waals surface area (Å²) in [7, 11) is -3.73. The van der Waals surface area contributed by atoms with Crippen molar-refractivity contribution in [1.29, 1.82) is 0 Å². The molecule has 3 aromatic carbocycles. The van der Waals surface area contributed by atoms with E-state index in [0.717, 1.165) is 17.1 Å². The fourth-order valence-electron chi connectivity index (χ4n) is 3.63. The molecule has 0 saturated carbocycles. The Balaban J connectivity index is 1.51. The van der Waals surface area contributed by atoms with Crippen LogP contribution in [0.25, 0.3) is 10.8 Å². The Morgan fingerprint density at radius 3 is 2.41 bits per heavy atom. The zero-order chi connectivity index (χ0) is 22.9. The minimum atomic E-state index is -3.73. The average molecular weight is 466 g/mol. The van der Waals surface area contributed by atoms with E-state index in [4.69, 9.17) is 22.5 Å². The molecule has 9 heteroatoms. The Kier molecular flexibility index (Phi) is 5.96. The average Bonchev–Trinajstić information content (AvgIpc) is 3.01. The van der Waals surface area contributed by atoms with Crippen LogP contribution >= 0.6 is 12.2 Å². The van der Waals surface area contributed by atoms with E-state index in [1.165, 1.54) is 28.5 Å². The van der Waals surface area contributed by atoms with Gasteiger partial charge >= 0.3 is 0 Å². The molecule has 1 aromatic heterocycles. The highest BCUT2D eigenvalue weighted by Crippen LogP contribution is 2.24. The molecule has 0 saturated heterocycles. The van der Waals surface area contributed by atoms with Crippen molar-refractivity contribution in [3.05, 3.63) is 83.7 Å². The zero-order valence-electron chi connectivity index (χ0n) is 17.7. The molecule has 164 valence electrons. The van der Waals surface area contributed by atoms with Gasteiger partial charge in [-0.25, -0.2) is 13.6 Å². The molecule has 0 radical (unpaired) electrons. The SMILES string of the molecule is Cc1nn(Cc2cccc3ccccc23)c(C)c1NC(=S)Nc1ccc(S(N)(=O)=O)cc1. The van der Waals surface area contributed by atoms with E-state index < -0.39 is 10.0 Å². The van der Waals surface area contributed by atoms with E-state index in [1.54, 1.807) is 12.1 Å². The molecule has 0 aliphatic heterocycles. The number of rotatable bonds is 5. The normalized spacial score (nSPS) is 11.5. The molecule has 0 amide bonds. The van der Waals surface area contributed by atoms with Crippen molar-refractivity contribution in [2.45, 2.75) is 25.3 Å². The number of hydrogen-bond donors (Lipinski definition) is 3. The maximum atomic E-state index is 11.4. The Morgan fingerprint density at radius 2 is 1.69 bits per heavy atom. The molecule has 1 heterocycles. The number of nitrogens with two attached hydrogens (primary N) is 1. The van der Waals surface area contributed by atoms with Crippen molar-refractivity contribution >= 4 is 49.5 Å². The molecule has 0 fully saturated rings. The first-order valence-electron chi connectivity index (χ1n) is 9.94. The first kappa shape index (κ1) is 21.9. The smallest absolute Gasteiger partial charge is 0.238 e. The second-order valence-corrected chi connectivity index (χ2v) is 9.46. The van der Waals surface area contributed by atoms with Gasteiger partial charge in [0.15, 0.2) is 5.11 Å². The molecule has 7 nitrogen and oxygen atoms in total. The fraction of sp³-hybridized carbons (Fsp3) is 0.130. The van der Waals surface area contributed by atoms with Gasteiger partial charge in [0.25, 0.3) is 0 Å². The van der Waals surface area contributed by atoms with Crippen LogP contribution in [0.3, 0.4) is 0 Å². The van der Waals surface area contributed by atoms with Crippen molar-refractivity contribution in [3.63, 3.8) is 0 Å². The molecule has 4 aromatic rings. The minimum absolute atomic E-state index is 0.0447. The van der Waals surface area contributed by atoms with Gasteiger partial charge in [-0.1, -0.05) is 42.5 Å². The maximum Gasteiger partial charge on any atom is 0.238 e. The van der Waals surface area contributed by atoms with E-state index in [9.17, 15) is 8.42 Å². The monoisotopic (exact) mass is 465 g/mol. The third-order valence-corrected chi connectivity index (χ3v) is 6.39. The zero-order valence-corrected chi connectivity index (χ0v) is 19.3. The largest absolute Gasteiger partial charge is 0.332 e. The van der Waals surface area contributed by atoms with Crippen LogP contribution in [0.15, 0.2) is 71.6 Å². The Hall–Kier alpha value is -3.27. The lowest BCUT2D eigenvalue weighted by molar-refractivity contribution is 0.598. The number of sulfonamides is 1. The number of fused-ring (bicyclic) bond motifs is 1. The summed E-state index contributed by atoms with van der Waals surface area (Å²) in [5, 5.41) is 18.9. The summed E-state index contributed by atoms with van der Waals surface area (Å²) in [6.45, 7) is 4.57. The summed E-state index contributed by atoms with van der Waals surface area (Å²) in [5.74, 6) is 0. The molecule has 0 spiro atoms. The number of nitrogens with zero attached hydrogens (tertiary/aromatic N) is 2. The predicted octanol–water partition coefficient (Wildman–Crippen LogP) is 4.16. The third kappa shape index (κ3) is 4.64. The van der Waals surface area contributed by atoms with Crippen LogP contribution in [0, 0.1) is 13.8 Å². The van der Waals surface area contributed by atoms with Crippen molar-refractivity contribution in [3.8, 4) is 0 Å². The van der Waals surface area contributed by atoms with Crippen molar-refractivity contribution in [2.24, 2.45) is 5.14 Å². The number of hydrogen-bond acceptors (Lipinski definition) is 4. The first-order valence-corrected chi connectivity index (χ1v) is 11.9. The standard InChI is InChI=1S/C23H23N5O2S2/c1-15-22(26-23(31)25-19-10-12-20(13-11-19)32(24,29)30)16(2)28(27-15)14-18-8-5-7-17-6-3-4-9-21(17)18/h3-13H,14H2,1-2H3,(H2,24,29,30)(H2,25,26,31). The quantitative estimate of drug-likeness (QED) is 0.383. The number of thiocarbonyl (C=S) groups is 1. The van der Waals surface area contributed by atoms with Crippen molar-refractivity contribution in [1.82, 2.24) is 9.78 Å². The van der Waals surface area contributed by atoms with Gasteiger partial charge in [0.1, 0.15) is 0 Å². The molecular formula is C23H23N5O2S2. The highest BCUT2D eigenvalue weighted by molar-refractivity contribution is 7.89. The first-order chi connectivity index (χ1) is 15.2. The summed E-state index contributed by atoms with van der Waals surface area (Å²) in [5.41, 5.74) is 4.47. The van der Waals surface area contributed by atoms with E-state index in [1.807, 2.05) is 30.7 Å².